The molecule has 0 aliphatic carbocycles. The monoisotopic (exact) mass is 383 g/mol. The largest absolute Gasteiger partial charge is 0.411 e. The van der Waals surface area contributed by atoms with Crippen LogP contribution in [0.2, 0.25) is 0 Å². The number of halogens is 4. The lowest BCUT2D eigenvalue weighted by molar-refractivity contribution is -0.174. The number of aromatic nitrogens is 3. The smallest absolute Gasteiger partial charge is 0.351 e. The third-order valence-corrected chi connectivity index (χ3v) is 5.59. The van der Waals surface area contributed by atoms with Crippen LogP contribution < -0.4 is 5.32 Å². The molecule has 1 saturated heterocycles. The fraction of sp³-hybridized carbons (Fsp3) is 0.556. The van der Waals surface area contributed by atoms with E-state index in [4.69, 9.17) is 0 Å². The first-order valence-electron chi connectivity index (χ1n) is 9.10. The third kappa shape index (κ3) is 3.78. The Morgan fingerprint density at radius 1 is 1.15 bits per heavy atom. The van der Waals surface area contributed by atoms with Crippen molar-refractivity contribution in [1.82, 2.24) is 19.7 Å². The summed E-state index contributed by atoms with van der Waals surface area (Å²) in [6, 6.07) is 4.76. The molecule has 3 heterocycles. The van der Waals surface area contributed by atoms with E-state index in [2.05, 4.69) is 20.3 Å². The highest BCUT2D eigenvalue weighted by Crippen LogP contribution is 2.41. The van der Waals surface area contributed by atoms with E-state index >= 15 is 0 Å². The molecule has 4 rings (SSSR count). The number of likely N-dealkylation sites (tertiary alicyclic amines) is 1. The Hall–Kier alpha value is -2.16. The molecule has 1 aromatic carbocycles. The molecule has 0 amide bonds. The number of fused-ring (bicyclic) bond motifs is 1. The van der Waals surface area contributed by atoms with Gasteiger partial charge in [-0.1, -0.05) is 18.2 Å². The van der Waals surface area contributed by atoms with Crippen LogP contribution in [0.15, 0.2) is 30.6 Å². The van der Waals surface area contributed by atoms with Gasteiger partial charge < -0.3 is 5.32 Å². The highest BCUT2D eigenvalue weighted by Gasteiger charge is 2.47. The zero-order valence-electron chi connectivity index (χ0n) is 14.7. The average Bonchev–Trinajstić information content (AvgIpc) is 3.11. The summed E-state index contributed by atoms with van der Waals surface area (Å²) in [6.45, 7) is 2.00. The molecule has 1 N–H and O–H groups in total. The third-order valence-electron chi connectivity index (χ3n) is 5.59. The van der Waals surface area contributed by atoms with Gasteiger partial charge in [-0.25, -0.2) is 9.07 Å². The molecule has 0 saturated carbocycles. The second-order valence-electron chi connectivity index (χ2n) is 7.28. The minimum atomic E-state index is -4.35. The average molecular weight is 383 g/mol. The van der Waals surface area contributed by atoms with Gasteiger partial charge in [-0.3, -0.25) is 4.90 Å². The standard InChI is InChI=1S/C18H21F4N5/c19-14-4-2-1-3-13(14)10-26-7-5-12(6-8-26)15-9-16(18(20,21)22)27-17(25-15)23-11-24-27/h1-4,11-12,15-16H,5-10H2,(H,23,24,25)/t15-,16+/m0/s1. The van der Waals surface area contributed by atoms with Crippen molar-refractivity contribution >= 4 is 5.95 Å². The number of hydrogen-bond donors (Lipinski definition) is 1. The lowest BCUT2D eigenvalue weighted by Gasteiger charge is -2.40. The highest BCUT2D eigenvalue weighted by atomic mass is 19.4. The second kappa shape index (κ2) is 7.10. The van der Waals surface area contributed by atoms with E-state index in [0.29, 0.717) is 12.1 Å². The molecule has 9 heteroatoms. The van der Waals surface area contributed by atoms with Crippen LogP contribution in [0.3, 0.4) is 0 Å². The topological polar surface area (TPSA) is 46.0 Å². The Balaban J connectivity index is 1.39. The first-order chi connectivity index (χ1) is 12.9. The number of nitrogens with zero attached hydrogens (tertiary/aromatic N) is 4. The molecule has 2 aromatic rings. The predicted octanol–water partition coefficient (Wildman–Crippen LogP) is 3.62. The van der Waals surface area contributed by atoms with Crippen LogP contribution in [-0.2, 0) is 6.54 Å². The summed E-state index contributed by atoms with van der Waals surface area (Å²) in [5.41, 5.74) is 0.650. The van der Waals surface area contributed by atoms with Gasteiger partial charge in [0.15, 0.2) is 6.04 Å². The molecular formula is C18H21F4N5. The van der Waals surface area contributed by atoms with Gasteiger partial charge in [0, 0.05) is 18.2 Å². The minimum absolute atomic E-state index is 0.0438. The van der Waals surface area contributed by atoms with Crippen molar-refractivity contribution in [2.45, 2.75) is 44.1 Å². The zero-order valence-corrected chi connectivity index (χ0v) is 14.7. The zero-order chi connectivity index (χ0) is 19.0. The van der Waals surface area contributed by atoms with Crippen LogP contribution in [0.1, 0.15) is 30.9 Å². The van der Waals surface area contributed by atoms with E-state index in [1.165, 1.54) is 6.07 Å². The maximum absolute atomic E-state index is 13.8. The van der Waals surface area contributed by atoms with Gasteiger partial charge in [-0.2, -0.15) is 23.3 Å². The molecule has 0 unspecified atom stereocenters. The summed E-state index contributed by atoms with van der Waals surface area (Å²) >= 11 is 0. The first-order valence-corrected chi connectivity index (χ1v) is 9.10. The van der Waals surface area contributed by atoms with Gasteiger partial charge in [-0.15, -0.1) is 0 Å². The number of anilines is 1. The molecule has 27 heavy (non-hydrogen) atoms. The SMILES string of the molecule is Fc1ccccc1CN1CCC([C@@H]2C[C@H](C(F)(F)F)n3ncnc3N2)CC1. The summed E-state index contributed by atoms with van der Waals surface area (Å²) in [4.78, 5) is 6.09. The maximum Gasteiger partial charge on any atom is 0.411 e. The van der Waals surface area contributed by atoms with Crippen molar-refractivity contribution in [1.29, 1.82) is 0 Å². The van der Waals surface area contributed by atoms with Crippen LogP contribution >= 0.6 is 0 Å². The van der Waals surface area contributed by atoms with Gasteiger partial charge in [0.25, 0.3) is 0 Å². The van der Waals surface area contributed by atoms with Crippen molar-refractivity contribution in [3.05, 3.63) is 42.0 Å². The van der Waals surface area contributed by atoms with Gasteiger partial charge >= 0.3 is 6.18 Å². The van der Waals surface area contributed by atoms with Gasteiger partial charge in [0.2, 0.25) is 5.95 Å². The maximum atomic E-state index is 13.8. The van der Waals surface area contributed by atoms with E-state index < -0.39 is 12.2 Å². The van der Waals surface area contributed by atoms with Gasteiger partial charge in [0.1, 0.15) is 12.1 Å². The van der Waals surface area contributed by atoms with Crippen molar-refractivity contribution in [3.63, 3.8) is 0 Å². The van der Waals surface area contributed by atoms with Crippen molar-refractivity contribution in [2.75, 3.05) is 18.4 Å². The van der Waals surface area contributed by atoms with Crippen molar-refractivity contribution in [2.24, 2.45) is 5.92 Å². The predicted molar refractivity (Wildman–Crippen MR) is 91.5 cm³/mol. The molecule has 0 radical (unpaired) electrons. The lowest BCUT2D eigenvalue weighted by atomic mass is 9.85. The van der Waals surface area contributed by atoms with Crippen LogP contribution in [-0.4, -0.2) is 45.0 Å². The van der Waals surface area contributed by atoms with Crippen LogP contribution in [0.25, 0.3) is 0 Å². The lowest BCUT2D eigenvalue weighted by Crippen LogP contribution is -2.46. The quantitative estimate of drug-likeness (QED) is 0.823. The highest BCUT2D eigenvalue weighted by molar-refractivity contribution is 5.30. The summed E-state index contributed by atoms with van der Waals surface area (Å²) in [5.74, 6) is 0.0838. The van der Waals surface area contributed by atoms with E-state index in [1.807, 2.05) is 6.07 Å². The fourth-order valence-corrected chi connectivity index (χ4v) is 4.11. The number of benzene rings is 1. The normalized spacial score (nSPS) is 24.4. The van der Waals surface area contributed by atoms with Crippen LogP contribution in [0.4, 0.5) is 23.5 Å². The molecule has 0 spiro atoms. The first kappa shape index (κ1) is 18.2. The number of rotatable bonds is 3. The summed E-state index contributed by atoms with van der Waals surface area (Å²) in [5, 5.41) is 6.86. The summed E-state index contributed by atoms with van der Waals surface area (Å²) in [6.07, 6.45) is -1.71. The molecular weight excluding hydrogens is 362 g/mol. The number of piperidine rings is 1. The Morgan fingerprint density at radius 3 is 2.59 bits per heavy atom. The molecule has 1 fully saturated rings. The van der Waals surface area contributed by atoms with Crippen LogP contribution in [0.5, 0.6) is 0 Å². The summed E-state index contributed by atoms with van der Waals surface area (Å²) in [7, 11) is 0. The Kier molecular flexibility index (Phi) is 4.79. The fourth-order valence-electron chi connectivity index (χ4n) is 4.11. The van der Waals surface area contributed by atoms with E-state index in [1.54, 1.807) is 12.1 Å². The molecule has 5 nitrogen and oxygen atoms in total. The van der Waals surface area contributed by atoms with E-state index in [-0.39, 0.29) is 30.1 Å². The Morgan fingerprint density at radius 2 is 1.89 bits per heavy atom. The summed E-state index contributed by atoms with van der Waals surface area (Å²) < 4.78 is 55.0. The van der Waals surface area contributed by atoms with Crippen molar-refractivity contribution < 1.29 is 17.6 Å². The molecule has 2 aliphatic heterocycles. The van der Waals surface area contributed by atoms with E-state index in [0.717, 1.165) is 36.9 Å². The second-order valence-corrected chi connectivity index (χ2v) is 7.28. The molecule has 146 valence electrons. The molecule has 0 bridgehead atoms. The molecule has 2 aliphatic rings. The number of hydrogen-bond acceptors (Lipinski definition) is 4. The minimum Gasteiger partial charge on any atom is -0.351 e. The van der Waals surface area contributed by atoms with Crippen LogP contribution in [0, 0.1) is 11.7 Å². The van der Waals surface area contributed by atoms with E-state index in [9.17, 15) is 17.6 Å². The molecule has 1 aromatic heterocycles. The van der Waals surface area contributed by atoms with Gasteiger partial charge in [-0.05, 0) is 44.3 Å². The Labute approximate surface area is 154 Å². The van der Waals surface area contributed by atoms with Gasteiger partial charge in [0.05, 0.1) is 0 Å². The number of alkyl halides is 3. The number of nitrogens with one attached hydrogen (secondary N) is 1. The Bertz CT molecular complexity index is 782. The molecule has 2 atom stereocenters. The van der Waals surface area contributed by atoms with Crippen molar-refractivity contribution in [3.8, 4) is 0 Å².